The molecule has 1 amide bonds. The van der Waals surface area contributed by atoms with Gasteiger partial charge in [0.2, 0.25) is 0 Å². The van der Waals surface area contributed by atoms with Crippen LogP contribution in [0.2, 0.25) is 5.02 Å². The summed E-state index contributed by atoms with van der Waals surface area (Å²) in [5, 5.41) is 0.148. The van der Waals surface area contributed by atoms with Gasteiger partial charge in [-0.3, -0.25) is 4.79 Å². The van der Waals surface area contributed by atoms with Crippen LogP contribution in [0.4, 0.5) is 4.39 Å². The molecule has 1 aliphatic rings. The standard InChI is InChI=1S/C17H15ClFNO3/c1-4-8-20-10(2)15(17(22)23-3)12(16(20)21)9-11-13(18)6-5-7-14(11)19/h4-7,9H,1,8H2,2-3H3/b12-9+. The lowest BCUT2D eigenvalue weighted by molar-refractivity contribution is -0.136. The van der Waals surface area contributed by atoms with Crippen molar-refractivity contribution in [3.63, 3.8) is 0 Å². The fourth-order valence-corrected chi connectivity index (χ4v) is 2.59. The van der Waals surface area contributed by atoms with Gasteiger partial charge >= 0.3 is 5.97 Å². The molecule has 0 aromatic heterocycles. The van der Waals surface area contributed by atoms with Crippen molar-refractivity contribution in [1.29, 1.82) is 0 Å². The third-order valence-corrected chi connectivity index (χ3v) is 3.83. The van der Waals surface area contributed by atoms with Crippen molar-refractivity contribution >= 4 is 29.6 Å². The highest BCUT2D eigenvalue weighted by Gasteiger charge is 2.36. The minimum absolute atomic E-state index is 0.0446. The van der Waals surface area contributed by atoms with E-state index in [1.165, 1.54) is 42.4 Å². The summed E-state index contributed by atoms with van der Waals surface area (Å²) in [4.78, 5) is 26.0. The average molecular weight is 336 g/mol. The highest BCUT2D eigenvalue weighted by Crippen LogP contribution is 2.33. The van der Waals surface area contributed by atoms with Gasteiger partial charge in [0.25, 0.3) is 5.91 Å². The molecule has 1 aromatic rings. The van der Waals surface area contributed by atoms with E-state index in [9.17, 15) is 14.0 Å². The number of hydrogen-bond acceptors (Lipinski definition) is 3. The molecular formula is C17H15ClFNO3. The van der Waals surface area contributed by atoms with E-state index in [-0.39, 0.29) is 28.3 Å². The largest absolute Gasteiger partial charge is 0.465 e. The molecule has 120 valence electrons. The summed E-state index contributed by atoms with van der Waals surface area (Å²) in [6.07, 6.45) is 2.81. The molecule has 6 heteroatoms. The molecule has 0 N–H and O–H groups in total. The minimum atomic E-state index is -0.666. The zero-order valence-electron chi connectivity index (χ0n) is 12.7. The number of allylic oxidation sites excluding steroid dienone is 1. The quantitative estimate of drug-likeness (QED) is 0.481. The van der Waals surface area contributed by atoms with Crippen molar-refractivity contribution in [3.8, 4) is 0 Å². The maximum Gasteiger partial charge on any atom is 0.340 e. The molecule has 4 nitrogen and oxygen atoms in total. The normalized spacial score (nSPS) is 16.3. The number of halogens is 2. The Bertz CT molecular complexity index is 732. The van der Waals surface area contributed by atoms with Crippen molar-refractivity contribution < 1.29 is 18.7 Å². The summed E-state index contributed by atoms with van der Waals surface area (Å²) in [7, 11) is 1.22. The summed E-state index contributed by atoms with van der Waals surface area (Å²) in [6.45, 7) is 5.44. The Morgan fingerprint density at radius 1 is 1.48 bits per heavy atom. The Labute approximate surface area is 138 Å². The Morgan fingerprint density at radius 2 is 2.17 bits per heavy atom. The third-order valence-electron chi connectivity index (χ3n) is 3.50. The summed E-state index contributed by atoms with van der Waals surface area (Å²) in [6, 6.07) is 4.20. The molecule has 0 spiro atoms. The van der Waals surface area contributed by atoms with E-state index in [0.717, 1.165) is 0 Å². The first-order chi connectivity index (χ1) is 10.9. The second kappa shape index (κ2) is 6.79. The van der Waals surface area contributed by atoms with Gasteiger partial charge in [-0.05, 0) is 25.1 Å². The van der Waals surface area contributed by atoms with Crippen molar-refractivity contribution in [2.45, 2.75) is 6.92 Å². The number of benzene rings is 1. The predicted octanol–water partition coefficient (Wildman–Crippen LogP) is 3.34. The monoisotopic (exact) mass is 335 g/mol. The number of nitrogens with zero attached hydrogens (tertiary/aromatic N) is 1. The van der Waals surface area contributed by atoms with Crippen LogP contribution in [0.5, 0.6) is 0 Å². The molecular weight excluding hydrogens is 321 g/mol. The molecule has 0 saturated heterocycles. The molecule has 0 bridgehead atoms. The van der Waals surface area contributed by atoms with Crippen LogP contribution in [0, 0.1) is 5.82 Å². The van der Waals surface area contributed by atoms with E-state index in [1.54, 1.807) is 6.92 Å². The lowest BCUT2D eigenvalue weighted by Crippen LogP contribution is -2.25. The van der Waals surface area contributed by atoms with E-state index in [1.807, 2.05) is 0 Å². The molecule has 0 radical (unpaired) electrons. The minimum Gasteiger partial charge on any atom is -0.465 e. The van der Waals surface area contributed by atoms with Crippen LogP contribution in [0.25, 0.3) is 6.08 Å². The Hall–Kier alpha value is -2.40. The van der Waals surface area contributed by atoms with Gasteiger partial charge < -0.3 is 9.64 Å². The summed E-state index contributed by atoms with van der Waals surface area (Å²) in [5.41, 5.74) is 0.620. The molecule has 0 unspecified atom stereocenters. The first-order valence-electron chi connectivity index (χ1n) is 6.80. The second-order valence-corrected chi connectivity index (χ2v) is 5.26. The van der Waals surface area contributed by atoms with Crippen LogP contribution >= 0.6 is 11.6 Å². The SMILES string of the molecule is C=CCN1C(=O)/C(=C/c2c(F)cccc2Cl)C(C(=O)OC)=C1C. The molecule has 1 aliphatic heterocycles. The van der Waals surface area contributed by atoms with Gasteiger partial charge in [0.05, 0.1) is 23.3 Å². The van der Waals surface area contributed by atoms with Crippen molar-refractivity contribution in [3.05, 3.63) is 64.1 Å². The van der Waals surface area contributed by atoms with Crippen molar-refractivity contribution in [1.82, 2.24) is 4.90 Å². The van der Waals surface area contributed by atoms with Crippen molar-refractivity contribution in [2.24, 2.45) is 0 Å². The highest BCUT2D eigenvalue weighted by molar-refractivity contribution is 6.32. The Kier molecular flexibility index (Phi) is 5.01. The van der Waals surface area contributed by atoms with Crippen LogP contribution in [-0.2, 0) is 14.3 Å². The fourth-order valence-electron chi connectivity index (χ4n) is 2.37. The number of amides is 1. The van der Waals surface area contributed by atoms with Crippen LogP contribution in [0.3, 0.4) is 0 Å². The molecule has 1 aromatic carbocycles. The lowest BCUT2D eigenvalue weighted by atomic mass is 10.0. The predicted molar refractivity (Wildman–Crippen MR) is 86.0 cm³/mol. The molecule has 0 saturated carbocycles. The van der Waals surface area contributed by atoms with Crippen LogP contribution in [0.15, 0.2) is 47.7 Å². The number of methoxy groups -OCH3 is 1. The van der Waals surface area contributed by atoms with Crippen LogP contribution in [0.1, 0.15) is 12.5 Å². The first kappa shape index (κ1) is 17.0. The fraction of sp³-hybridized carbons (Fsp3) is 0.176. The van der Waals surface area contributed by atoms with Gasteiger partial charge in [-0.15, -0.1) is 6.58 Å². The number of hydrogen-bond donors (Lipinski definition) is 0. The summed E-state index contributed by atoms with van der Waals surface area (Å²) < 4.78 is 18.7. The van der Waals surface area contributed by atoms with Gasteiger partial charge in [-0.2, -0.15) is 0 Å². The molecule has 2 rings (SSSR count). The zero-order chi connectivity index (χ0) is 17.1. The van der Waals surface area contributed by atoms with Gasteiger partial charge in [0, 0.05) is 17.8 Å². The number of carbonyl (C=O) groups excluding carboxylic acids is 2. The summed E-state index contributed by atoms with van der Waals surface area (Å²) in [5.74, 6) is -1.68. The Morgan fingerprint density at radius 3 is 2.74 bits per heavy atom. The zero-order valence-corrected chi connectivity index (χ0v) is 13.5. The lowest BCUT2D eigenvalue weighted by Gasteiger charge is -2.14. The van der Waals surface area contributed by atoms with E-state index in [2.05, 4.69) is 6.58 Å². The second-order valence-electron chi connectivity index (χ2n) is 4.85. The number of rotatable bonds is 4. The van der Waals surface area contributed by atoms with Gasteiger partial charge in [-0.25, -0.2) is 9.18 Å². The van der Waals surface area contributed by atoms with Crippen LogP contribution in [-0.4, -0.2) is 30.4 Å². The highest BCUT2D eigenvalue weighted by atomic mass is 35.5. The number of carbonyl (C=O) groups is 2. The smallest absolute Gasteiger partial charge is 0.340 e. The number of esters is 1. The van der Waals surface area contributed by atoms with Gasteiger partial charge in [0.1, 0.15) is 5.82 Å². The Balaban J connectivity index is 2.63. The maximum atomic E-state index is 14.0. The van der Waals surface area contributed by atoms with E-state index in [0.29, 0.717) is 5.70 Å². The van der Waals surface area contributed by atoms with Gasteiger partial charge in [0.15, 0.2) is 0 Å². The average Bonchev–Trinajstić information content (AvgIpc) is 2.75. The molecule has 1 heterocycles. The third kappa shape index (κ3) is 3.05. The van der Waals surface area contributed by atoms with Gasteiger partial charge in [-0.1, -0.05) is 23.7 Å². The number of ether oxygens (including phenoxy) is 1. The molecule has 23 heavy (non-hydrogen) atoms. The van der Waals surface area contributed by atoms with Crippen molar-refractivity contribution in [2.75, 3.05) is 13.7 Å². The molecule has 0 fully saturated rings. The first-order valence-corrected chi connectivity index (χ1v) is 7.18. The van der Waals surface area contributed by atoms with E-state index in [4.69, 9.17) is 16.3 Å². The molecule has 0 aliphatic carbocycles. The van der Waals surface area contributed by atoms with E-state index >= 15 is 0 Å². The topological polar surface area (TPSA) is 46.6 Å². The van der Waals surface area contributed by atoms with E-state index < -0.39 is 17.7 Å². The summed E-state index contributed by atoms with van der Waals surface area (Å²) >= 11 is 5.99. The van der Waals surface area contributed by atoms with Crippen LogP contribution < -0.4 is 0 Å². The maximum absolute atomic E-state index is 14.0. The molecule has 0 atom stereocenters.